The molecular weight excluding hydrogens is 386 g/mol. The molecule has 5 nitrogen and oxygen atoms in total. The summed E-state index contributed by atoms with van der Waals surface area (Å²) >= 11 is 0. The fourth-order valence-electron chi connectivity index (χ4n) is 3.19. The zero-order valence-electron chi connectivity index (χ0n) is 15.7. The van der Waals surface area contributed by atoms with Gasteiger partial charge in [0, 0.05) is 27.6 Å². The number of aliphatic hydroxyl groups is 1. The lowest BCUT2D eigenvalue weighted by atomic mass is 10.1. The minimum atomic E-state index is -1.08. The van der Waals surface area contributed by atoms with Crippen molar-refractivity contribution < 1.29 is 18.8 Å². The molecule has 1 amide bonds. The first-order chi connectivity index (χ1) is 14.0. The van der Waals surface area contributed by atoms with E-state index in [9.17, 15) is 14.1 Å². The van der Waals surface area contributed by atoms with Gasteiger partial charge in [-0.2, -0.15) is 0 Å². The lowest BCUT2D eigenvalue weighted by molar-refractivity contribution is -0.112. The number of nitrogens with zero attached hydrogens (tertiary/aromatic N) is 1. The molecule has 146 valence electrons. The van der Waals surface area contributed by atoms with Crippen molar-refractivity contribution in [3.8, 4) is 11.5 Å². The van der Waals surface area contributed by atoms with E-state index < -0.39 is 10.8 Å². The van der Waals surface area contributed by atoms with Crippen molar-refractivity contribution in [1.29, 1.82) is 0 Å². The van der Waals surface area contributed by atoms with Gasteiger partial charge in [-0.05, 0) is 54.1 Å². The Labute approximate surface area is 171 Å². The van der Waals surface area contributed by atoms with Crippen molar-refractivity contribution in [2.75, 3.05) is 17.7 Å². The molecule has 0 bridgehead atoms. The topological polar surface area (TPSA) is 66.8 Å². The van der Waals surface area contributed by atoms with E-state index in [1.165, 1.54) is 4.90 Å². The van der Waals surface area contributed by atoms with Gasteiger partial charge in [-0.1, -0.05) is 30.3 Å². The van der Waals surface area contributed by atoms with E-state index in [4.69, 9.17) is 4.74 Å². The first-order valence-corrected chi connectivity index (χ1v) is 10.6. The van der Waals surface area contributed by atoms with Crippen molar-refractivity contribution in [1.82, 2.24) is 0 Å². The first-order valence-electron chi connectivity index (χ1n) is 9.04. The number of carbonyl (C=O) groups excluding carboxylic acids is 1. The third kappa shape index (κ3) is 3.93. The highest BCUT2D eigenvalue weighted by Crippen LogP contribution is 2.32. The molecule has 29 heavy (non-hydrogen) atoms. The number of hydrogen-bond acceptors (Lipinski definition) is 4. The molecular formula is C23H19NO4S. The van der Waals surface area contributed by atoms with E-state index in [1.807, 2.05) is 30.3 Å². The zero-order chi connectivity index (χ0) is 20.4. The Morgan fingerprint density at radius 2 is 1.52 bits per heavy atom. The molecule has 1 unspecified atom stereocenters. The average Bonchev–Trinajstić information content (AvgIpc) is 3.03. The maximum Gasteiger partial charge on any atom is 0.262 e. The molecule has 0 saturated heterocycles. The normalized spacial score (nSPS) is 14.9. The number of carbonyl (C=O) groups is 1. The predicted molar refractivity (Wildman–Crippen MR) is 114 cm³/mol. The summed E-state index contributed by atoms with van der Waals surface area (Å²) in [6.45, 7) is 0.102. The van der Waals surface area contributed by atoms with Crippen molar-refractivity contribution in [2.24, 2.45) is 0 Å². The molecule has 1 heterocycles. The number of amides is 1. The molecule has 4 rings (SSSR count). The molecule has 0 fully saturated rings. The molecule has 0 saturated carbocycles. The molecule has 6 heteroatoms. The smallest absolute Gasteiger partial charge is 0.262 e. The van der Waals surface area contributed by atoms with Crippen molar-refractivity contribution in [2.45, 2.75) is 4.90 Å². The SMILES string of the molecule is CS(=O)c1ccc(N2CC(O)=C(c3ccc(Oc4ccccc4)cc3)C2=O)cc1. The van der Waals surface area contributed by atoms with E-state index in [0.717, 1.165) is 5.75 Å². The second-order valence-corrected chi connectivity index (χ2v) is 7.98. The van der Waals surface area contributed by atoms with E-state index in [2.05, 4.69) is 0 Å². The summed E-state index contributed by atoms with van der Waals surface area (Å²) in [5, 5.41) is 10.4. The highest BCUT2D eigenvalue weighted by molar-refractivity contribution is 7.84. The molecule has 1 atom stereocenters. The Hall–Kier alpha value is -3.38. The molecule has 1 N–H and O–H groups in total. The third-order valence-electron chi connectivity index (χ3n) is 4.66. The maximum absolute atomic E-state index is 12.9. The lowest BCUT2D eigenvalue weighted by Crippen LogP contribution is -2.26. The van der Waals surface area contributed by atoms with Crippen LogP contribution in [0.1, 0.15) is 5.56 Å². The highest BCUT2D eigenvalue weighted by atomic mass is 32.2. The fraction of sp³-hybridized carbons (Fsp3) is 0.0870. The molecule has 3 aromatic rings. The van der Waals surface area contributed by atoms with Crippen molar-refractivity contribution in [3.63, 3.8) is 0 Å². The van der Waals surface area contributed by atoms with Gasteiger partial charge >= 0.3 is 0 Å². The van der Waals surface area contributed by atoms with Crippen LogP contribution in [0.3, 0.4) is 0 Å². The summed E-state index contributed by atoms with van der Waals surface area (Å²) in [7, 11) is -1.08. The number of rotatable bonds is 5. The maximum atomic E-state index is 12.9. The van der Waals surface area contributed by atoms with Crippen LogP contribution in [0.4, 0.5) is 5.69 Å². The quantitative estimate of drug-likeness (QED) is 0.677. The number of para-hydroxylation sites is 1. The van der Waals surface area contributed by atoms with E-state index in [1.54, 1.807) is 54.8 Å². The summed E-state index contributed by atoms with van der Waals surface area (Å²) in [5.41, 5.74) is 1.55. The molecule has 0 aliphatic carbocycles. The fourth-order valence-corrected chi connectivity index (χ4v) is 3.71. The molecule has 0 aromatic heterocycles. The van der Waals surface area contributed by atoms with Crippen LogP contribution < -0.4 is 9.64 Å². The van der Waals surface area contributed by atoms with Gasteiger partial charge in [0.05, 0.1) is 12.1 Å². The number of anilines is 1. The van der Waals surface area contributed by atoms with Gasteiger partial charge in [0.1, 0.15) is 17.3 Å². The summed E-state index contributed by atoms with van der Waals surface area (Å²) in [6.07, 6.45) is 1.60. The monoisotopic (exact) mass is 405 g/mol. The van der Waals surface area contributed by atoms with Gasteiger partial charge in [-0.3, -0.25) is 9.00 Å². The summed E-state index contributed by atoms with van der Waals surface area (Å²) in [4.78, 5) is 15.1. The van der Waals surface area contributed by atoms with Crippen LogP contribution in [0.25, 0.3) is 5.57 Å². The second kappa shape index (κ2) is 7.93. The van der Waals surface area contributed by atoms with Gasteiger partial charge in [0.2, 0.25) is 0 Å². The number of hydrogen-bond donors (Lipinski definition) is 1. The minimum Gasteiger partial charge on any atom is -0.510 e. The number of benzene rings is 3. The average molecular weight is 405 g/mol. The van der Waals surface area contributed by atoms with Gasteiger partial charge in [0.15, 0.2) is 0 Å². The third-order valence-corrected chi connectivity index (χ3v) is 5.59. The van der Waals surface area contributed by atoms with E-state index in [-0.39, 0.29) is 23.8 Å². The summed E-state index contributed by atoms with van der Waals surface area (Å²) < 4.78 is 17.3. The van der Waals surface area contributed by atoms with Crippen LogP contribution in [0.2, 0.25) is 0 Å². The van der Waals surface area contributed by atoms with Crippen molar-refractivity contribution >= 4 is 28.0 Å². The van der Waals surface area contributed by atoms with Crippen LogP contribution in [-0.2, 0) is 15.6 Å². The Kier molecular flexibility index (Phi) is 5.18. The summed E-state index contributed by atoms with van der Waals surface area (Å²) in [5.74, 6) is 1.12. The van der Waals surface area contributed by atoms with Crippen LogP contribution in [-0.4, -0.2) is 28.0 Å². The molecule has 0 spiro atoms. The Morgan fingerprint density at radius 1 is 0.897 bits per heavy atom. The van der Waals surface area contributed by atoms with Gasteiger partial charge in [0.25, 0.3) is 5.91 Å². The predicted octanol–water partition coefficient (Wildman–Crippen LogP) is 4.53. The first kappa shape index (κ1) is 19.0. The van der Waals surface area contributed by atoms with E-state index >= 15 is 0 Å². The van der Waals surface area contributed by atoms with Crippen LogP contribution in [0.5, 0.6) is 11.5 Å². The molecule has 0 radical (unpaired) electrons. The largest absolute Gasteiger partial charge is 0.510 e. The lowest BCUT2D eigenvalue weighted by Gasteiger charge is -2.16. The van der Waals surface area contributed by atoms with Crippen LogP contribution in [0, 0.1) is 0 Å². The van der Waals surface area contributed by atoms with Crippen molar-refractivity contribution in [3.05, 3.63) is 90.2 Å². The number of aliphatic hydroxyl groups excluding tert-OH is 1. The van der Waals surface area contributed by atoms with Gasteiger partial charge in [-0.25, -0.2) is 0 Å². The van der Waals surface area contributed by atoms with E-state index in [0.29, 0.717) is 21.9 Å². The Balaban J connectivity index is 1.53. The standard InChI is InChI=1S/C23H19NO4S/c1-29(27)20-13-9-17(10-14-20)24-15-21(25)22(23(24)26)16-7-11-19(12-8-16)28-18-5-3-2-4-6-18/h2-14,25H,15H2,1H3. The van der Waals surface area contributed by atoms with Gasteiger partial charge in [-0.15, -0.1) is 0 Å². The zero-order valence-corrected chi connectivity index (χ0v) is 16.6. The highest BCUT2D eigenvalue weighted by Gasteiger charge is 2.32. The molecule has 1 aliphatic heterocycles. The summed E-state index contributed by atoms with van der Waals surface area (Å²) in [6, 6.07) is 23.4. The second-order valence-electron chi connectivity index (χ2n) is 6.60. The van der Waals surface area contributed by atoms with Gasteiger partial charge < -0.3 is 14.7 Å². The number of ether oxygens (including phenoxy) is 1. The Bertz CT molecular complexity index is 1090. The minimum absolute atomic E-state index is 0.0230. The molecule has 3 aromatic carbocycles. The Morgan fingerprint density at radius 3 is 2.14 bits per heavy atom. The molecule has 1 aliphatic rings. The van der Waals surface area contributed by atoms with Crippen LogP contribution >= 0.6 is 0 Å². The van der Waals surface area contributed by atoms with Crippen LogP contribution in [0.15, 0.2) is 89.5 Å².